The van der Waals surface area contributed by atoms with E-state index in [1.165, 1.54) is 10.9 Å². The molecule has 0 bridgehead atoms. The van der Waals surface area contributed by atoms with Crippen LogP contribution in [0.1, 0.15) is 24.4 Å². The zero-order valence-corrected chi connectivity index (χ0v) is 14.3. The number of ether oxygens (including phenoxy) is 2. The highest BCUT2D eigenvalue weighted by Gasteiger charge is 2.22. The number of carbonyl (C=O) groups is 1. The van der Waals surface area contributed by atoms with E-state index in [0.29, 0.717) is 29.7 Å². The van der Waals surface area contributed by atoms with Crippen LogP contribution in [-0.2, 0) is 0 Å². The Morgan fingerprint density at radius 2 is 2.12 bits per heavy atom. The summed E-state index contributed by atoms with van der Waals surface area (Å²) >= 11 is 0. The number of benzene rings is 1. The number of nitrogens with zero attached hydrogens (tertiary/aromatic N) is 3. The zero-order chi connectivity index (χ0) is 17.8. The van der Waals surface area contributed by atoms with Gasteiger partial charge in [0.05, 0.1) is 20.0 Å². The van der Waals surface area contributed by atoms with Gasteiger partial charge in [-0.25, -0.2) is 0 Å². The van der Waals surface area contributed by atoms with Gasteiger partial charge < -0.3 is 13.9 Å². The lowest BCUT2D eigenvalue weighted by Crippen LogP contribution is -2.14. The van der Waals surface area contributed by atoms with E-state index in [4.69, 9.17) is 13.9 Å². The number of carbonyl (C=O) groups excluding carboxylic acids is 1. The van der Waals surface area contributed by atoms with Gasteiger partial charge in [-0.15, -0.1) is 5.10 Å². The number of aromatic nitrogens is 3. The third-order valence-corrected chi connectivity index (χ3v) is 3.39. The van der Waals surface area contributed by atoms with Crippen LogP contribution in [-0.4, -0.2) is 34.4 Å². The molecular weight excluding hydrogens is 322 g/mol. The molecule has 0 aliphatic heterocycles. The number of hydrogen-bond donors (Lipinski definition) is 0. The van der Waals surface area contributed by atoms with Crippen LogP contribution in [0.2, 0.25) is 0 Å². The van der Waals surface area contributed by atoms with Crippen molar-refractivity contribution in [2.75, 3.05) is 13.7 Å². The third-order valence-electron chi connectivity index (χ3n) is 3.39. The van der Waals surface area contributed by atoms with Gasteiger partial charge >= 0.3 is 11.9 Å². The largest absolute Gasteiger partial charge is 0.497 e. The molecule has 2 heterocycles. The minimum Gasteiger partial charge on any atom is -0.497 e. The SMILES string of the molecule is COc1cccc(-c2nc(OCC(C)C)nn2C(=O)c2ccco2)c1. The highest BCUT2D eigenvalue weighted by Crippen LogP contribution is 2.25. The van der Waals surface area contributed by atoms with Crippen LogP contribution in [0.25, 0.3) is 11.4 Å². The van der Waals surface area contributed by atoms with E-state index in [2.05, 4.69) is 10.1 Å². The molecule has 0 fully saturated rings. The molecule has 0 aliphatic carbocycles. The van der Waals surface area contributed by atoms with Crippen molar-refractivity contribution in [2.45, 2.75) is 13.8 Å². The Bertz CT molecular complexity index is 853. The Kier molecular flexibility index (Phi) is 4.83. The molecule has 0 atom stereocenters. The van der Waals surface area contributed by atoms with Crippen LogP contribution in [0.15, 0.2) is 47.1 Å². The molecule has 2 aromatic heterocycles. The Balaban J connectivity index is 2.03. The smallest absolute Gasteiger partial charge is 0.336 e. The summed E-state index contributed by atoms with van der Waals surface area (Å²) in [6.07, 6.45) is 1.44. The summed E-state index contributed by atoms with van der Waals surface area (Å²) in [5, 5.41) is 4.20. The molecule has 0 amide bonds. The van der Waals surface area contributed by atoms with Gasteiger partial charge in [-0.05, 0) is 30.2 Å². The monoisotopic (exact) mass is 341 g/mol. The Morgan fingerprint density at radius 3 is 2.80 bits per heavy atom. The van der Waals surface area contributed by atoms with Crippen molar-refractivity contribution in [3.8, 4) is 23.1 Å². The number of hydrogen-bond acceptors (Lipinski definition) is 6. The van der Waals surface area contributed by atoms with Crippen molar-refractivity contribution in [3.05, 3.63) is 48.4 Å². The summed E-state index contributed by atoms with van der Waals surface area (Å²) in [5.74, 6) is 1.08. The second-order valence-corrected chi connectivity index (χ2v) is 5.85. The number of methoxy groups -OCH3 is 1. The van der Waals surface area contributed by atoms with Crippen LogP contribution in [0, 0.1) is 5.92 Å². The molecule has 7 nitrogen and oxygen atoms in total. The fourth-order valence-electron chi connectivity index (χ4n) is 2.19. The van der Waals surface area contributed by atoms with E-state index in [-0.39, 0.29) is 11.8 Å². The highest BCUT2D eigenvalue weighted by molar-refractivity contribution is 5.94. The first-order chi connectivity index (χ1) is 12.1. The molecule has 7 heteroatoms. The van der Waals surface area contributed by atoms with E-state index in [1.807, 2.05) is 32.0 Å². The molecule has 0 unspecified atom stereocenters. The first kappa shape index (κ1) is 16.8. The molecular formula is C18H19N3O4. The quantitative estimate of drug-likeness (QED) is 0.684. The fraction of sp³-hybridized carbons (Fsp3) is 0.278. The van der Waals surface area contributed by atoms with Crippen LogP contribution < -0.4 is 9.47 Å². The molecule has 1 aromatic carbocycles. The predicted molar refractivity (Wildman–Crippen MR) is 90.8 cm³/mol. The van der Waals surface area contributed by atoms with Crippen LogP contribution in [0.3, 0.4) is 0 Å². The summed E-state index contributed by atoms with van der Waals surface area (Å²) in [4.78, 5) is 17.1. The lowest BCUT2D eigenvalue weighted by molar-refractivity contribution is 0.0916. The Labute approximate surface area is 145 Å². The van der Waals surface area contributed by atoms with Gasteiger partial charge in [-0.2, -0.15) is 9.67 Å². The molecule has 0 saturated carbocycles. The van der Waals surface area contributed by atoms with E-state index >= 15 is 0 Å². The first-order valence-corrected chi connectivity index (χ1v) is 7.91. The standard InChI is InChI=1S/C18H19N3O4/c1-12(2)11-25-18-19-16(13-6-4-7-14(10-13)23-3)21(20-18)17(22)15-8-5-9-24-15/h4-10,12H,11H2,1-3H3. The van der Waals surface area contributed by atoms with Crippen molar-refractivity contribution in [1.29, 1.82) is 0 Å². The van der Waals surface area contributed by atoms with Crippen LogP contribution in [0.4, 0.5) is 0 Å². The summed E-state index contributed by atoms with van der Waals surface area (Å²) in [6.45, 7) is 4.50. The first-order valence-electron chi connectivity index (χ1n) is 7.91. The third kappa shape index (κ3) is 3.71. The van der Waals surface area contributed by atoms with Gasteiger partial charge in [-0.1, -0.05) is 26.0 Å². The minimum absolute atomic E-state index is 0.145. The maximum atomic E-state index is 12.7. The van der Waals surface area contributed by atoms with Gasteiger partial charge in [0.15, 0.2) is 11.6 Å². The zero-order valence-electron chi connectivity index (χ0n) is 14.3. The maximum absolute atomic E-state index is 12.7. The predicted octanol–water partition coefficient (Wildman–Crippen LogP) is 3.27. The molecule has 0 radical (unpaired) electrons. The van der Waals surface area contributed by atoms with E-state index in [0.717, 1.165) is 0 Å². The van der Waals surface area contributed by atoms with E-state index < -0.39 is 5.91 Å². The van der Waals surface area contributed by atoms with Gasteiger partial charge in [0, 0.05) is 5.56 Å². The van der Waals surface area contributed by atoms with E-state index in [9.17, 15) is 4.79 Å². The van der Waals surface area contributed by atoms with Crippen molar-refractivity contribution < 1.29 is 18.7 Å². The summed E-state index contributed by atoms with van der Waals surface area (Å²) < 4.78 is 17.2. The highest BCUT2D eigenvalue weighted by atomic mass is 16.5. The van der Waals surface area contributed by atoms with Crippen LogP contribution >= 0.6 is 0 Å². The average Bonchev–Trinajstić information content (AvgIpc) is 3.29. The molecule has 0 N–H and O–H groups in total. The lowest BCUT2D eigenvalue weighted by Gasteiger charge is -2.04. The molecule has 0 aliphatic rings. The Hall–Kier alpha value is -3.09. The molecule has 3 aromatic rings. The average molecular weight is 341 g/mol. The second-order valence-electron chi connectivity index (χ2n) is 5.85. The topological polar surface area (TPSA) is 79.4 Å². The molecule has 3 rings (SSSR count). The molecule has 0 saturated heterocycles. The summed E-state index contributed by atoms with van der Waals surface area (Å²) in [5.41, 5.74) is 0.686. The van der Waals surface area contributed by atoms with Crippen molar-refractivity contribution in [2.24, 2.45) is 5.92 Å². The normalized spacial score (nSPS) is 10.9. The number of rotatable bonds is 6. The van der Waals surface area contributed by atoms with Gasteiger partial charge in [0.1, 0.15) is 5.75 Å². The summed E-state index contributed by atoms with van der Waals surface area (Å²) in [7, 11) is 1.58. The van der Waals surface area contributed by atoms with Gasteiger partial charge in [0.2, 0.25) is 0 Å². The minimum atomic E-state index is -0.422. The molecule has 130 valence electrons. The molecule has 0 spiro atoms. The summed E-state index contributed by atoms with van der Waals surface area (Å²) in [6, 6.07) is 10.6. The van der Waals surface area contributed by atoms with Gasteiger partial charge in [0.25, 0.3) is 0 Å². The number of furan rings is 1. The Morgan fingerprint density at radius 1 is 1.28 bits per heavy atom. The van der Waals surface area contributed by atoms with Crippen molar-refractivity contribution >= 4 is 5.91 Å². The second kappa shape index (κ2) is 7.21. The molecule has 25 heavy (non-hydrogen) atoms. The van der Waals surface area contributed by atoms with Crippen molar-refractivity contribution in [1.82, 2.24) is 14.8 Å². The fourth-order valence-corrected chi connectivity index (χ4v) is 2.19. The lowest BCUT2D eigenvalue weighted by atomic mass is 10.2. The van der Waals surface area contributed by atoms with Gasteiger partial charge in [-0.3, -0.25) is 4.79 Å². The van der Waals surface area contributed by atoms with Crippen molar-refractivity contribution in [3.63, 3.8) is 0 Å². The van der Waals surface area contributed by atoms with E-state index in [1.54, 1.807) is 25.3 Å². The maximum Gasteiger partial charge on any atom is 0.336 e. The van der Waals surface area contributed by atoms with Crippen LogP contribution in [0.5, 0.6) is 11.8 Å².